The average molecular weight is 405 g/mol. The topological polar surface area (TPSA) is 125 Å². The van der Waals surface area contributed by atoms with E-state index in [9.17, 15) is 0 Å². The molecule has 0 unspecified atom stereocenters. The van der Waals surface area contributed by atoms with Gasteiger partial charge in [-0.05, 0) is 40.1 Å². The fraction of sp³-hybridized carbons (Fsp3) is 0.0588. The van der Waals surface area contributed by atoms with Crippen molar-refractivity contribution in [2.75, 3.05) is 5.73 Å². The smallest absolute Gasteiger partial charge is 0.199 e. The van der Waals surface area contributed by atoms with Crippen LogP contribution in [0.3, 0.4) is 0 Å². The largest absolute Gasteiger partial charge is 0.489 e. The minimum absolute atomic E-state index is 0.00855. The zero-order valence-electron chi connectivity index (χ0n) is 13.8. The molecule has 0 aliphatic carbocycles. The lowest BCUT2D eigenvalue weighted by Crippen LogP contribution is -2.15. The van der Waals surface area contributed by atoms with Crippen LogP contribution in [0.1, 0.15) is 16.8 Å². The number of aromatic nitrogens is 2. The highest BCUT2D eigenvalue weighted by molar-refractivity contribution is 6.35. The Balaban J connectivity index is 1.68. The summed E-state index contributed by atoms with van der Waals surface area (Å²) in [6.07, 6.45) is 1.51. The van der Waals surface area contributed by atoms with Crippen LogP contribution in [-0.4, -0.2) is 22.4 Å². The number of hydrogen-bond acceptors (Lipinski definition) is 7. The molecule has 2 aromatic carbocycles. The first-order valence-corrected chi connectivity index (χ1v) is 8.41. The van der Waals surface area contributed by atoms with Gasteiger partial charge in [0.2, 0.25) is 0 Å². The molecule has 0 bridgehead atoms. The van der Waals surface area contributed by atoms with E-state index in [-0.39, 0.29) is 24.0 Å². The third kappa shape index (κ3) is 4.75. The molecule has 0 amide bonds. The van der Waals surface area contributed by atoms with Gasteiger partial charge in [-0.15, -0.1) is 5.10 Å². The third-order valence-electron chi connectivity index (χ3n) is 3.43. The summed E-state index contributed by atoms with van der Waals surface area (Å²) in [4.78, 5) is 0. The van der Waals surface area contributed by atoms with Crippen molar-refractivity contribution in [3.05, 3.63) is 69.3 Å². The van der Waals surface area contributed by atoms with Crippen LogP contribution in [0.2, 0.25) is 10.0 Å². The molecule has 3 rings (SSSR count). The monoisotopic (exact) mass is 404 g/mol. The van der Waals surface area contributed by atoms with Crippen molar-refractivity contribution in [3.63, 3.8) is 0 Å². The van der Waals surface area contributed by atoms with Crippen LogP contribution in [0.15, 0.2) is 57.3 Å². The van der Waals surface area contributed by atoms with Gasteiger partial charge in [-0.2, -0.15) is 5.10 Å². The number of nitrogens with two attached hydrogens (primary N) is 2. The van der Waals surface area contributed by atoms with Crippen LogP contribution in [0.5, 0.6) is 5.75 Å². The lowest BCUT2D eigenvalue weighted by atomic mass is 10.2. The van der Waals surface area contributed by atoms with Crippen LogP contribution in [0.4, 0.5) is 5.82 Å². The second kappa shape index (κ2) is 8.52. The van der Waals surface area contributed by atoms with E-state index >= 15 is 0 Å². The summed E-state index contributed by atoms with van der Waals surface area (Å²) in [5.74, 6) is 0.655. The highest BCUT2D eigenvalue weighted by Crippen LogP contribution is 2.26. The molecule has 0 aliphatic rings. The predicted molar refractivity (Wildman–Crippen MR) is 104 cm³/mol. The molecule has 1 heterocycles. The molecule has 0 saturated carbocycles. The summed E-state index contributed by atoms with van der Waals surface area (Å²) < 4.78 is 10.2. The van der Waals surface area contributed by atoms with Crippen molar-refractivity contribution in [1.29, 1.82) is 0 Å². The lowest BCUT2D eigenvalue weighted by Gasteiger charge is -2.09. The molecule has 0 spiro atoms. The maximum Gasteiger partial charge on any atom is 0.199 e. The molecule has 0 radical (unpaired) electrons. The Hall–Kier alpha value is -3.10. The van der Waals surface area contributed by atoms with E-state index in [1.807, 2.05) is 18.2 Å². The Morgan fingerprint density at radius 2 is 1.89 bits per heavy atom. The van der Waals surface area contributed by atoms with E-state index in [4.69, 9.17) is 39.4 Å². The van der Waals surface area contributed by atoms with E-state index in [1.165, 1.54) is 6.21 Å². The molecule has 138 valence electrons. The van der Waals surface area contributed by atoms with Gasteiger partial charge in [0.1, 0.15) is 12.4 Å². The minimum atomic E-state index is -0.00855. The summed E-state index contributed by atoms with van der Waals surface area (Å²) in [6.45, 7) is 0.239. The van der Waals surface area contributed by atoms with Gasteiger partial charge >= 0.3 is 0 Å². The Morgan fingerprint density at radius 3 is 2.59 bits per heavy atom. The van der Waals surface area contributed by atoms with Gasteiger partial charge in [0, 0.05) is 15.6 Å². The van der Waals surface area contributed by atoms with Crippen LogP contribution >= 0.6 is 23.2 Å². The quantitative estimate of drug-likeness (QED) is 0.368. The lowest BCUT2D eigenvalue weighted by molar-refractivity contribution is 0.306. The van der Waals surface area contributed by atoms with Crippen molar-refractivity contribution in [3.8, 4) is 5.75 Å². The van der Waals surface area contributed by atoms with Gasteiger partial charge in [0.05, 0.1) is 6.21 Å². The maximum atomic E-state index is 6.14. The highest BCUT2D eigenvalue weighted by atomic mass is 35.5. The fourth-order valence-electron chi connectivity index (χ4n) is 2.09. The molecular formula is C17H14Cl2N6O2. The van der Waals surface area contributed by atoms with Crippen LogP contribution < -0.4 is 16.2 Å². The number of ether oxygens (including phenoxy) is 1. The van der Waals surface area contributed by atoms with Gasteiger partial charge in [-0.3, -0.25) is 0 Å². The molecule has 10 heteroatoms. The molecule has 1 aromatic heterocycles. The summed E-state index contributed by atoms with van der Waals surface area (Å²) in [5, 5.41) is 15.8. The normalized spacial score (nSPS) is 11.9. The highest BCUT2D eigenvalue weighted by Gasteiger charge is 2.10. The van der Waals surface area contributed by atoms with Gasteiger partial charge in [-0.1, -0.05) is 41.4 Å². The number of hydrogen-bond donors (Lipinski definition) is 2. The fourth-order valence-corrected chi connectivity index (χ4v) is 2.60. The van der Waals surface area contributed by atoms with E-state index in [0.29, 0.717) is 15.8 Å². The molecule has 27 heavy (non-hydrogen) atoms. The van der Waals surface area contributed by atoms with Gasteiger partial charge in [-0.25, -0.2) is 4.63 Å². The standard InChI is InChI=1S/C17H14Cl2N6O2/c18-13-5-2-6-14(19)12(13)9-26-11-4-1-3-10(7-11)8-22-23-16(20)15-17(21)25-27-24-15/h1-8H,9H2,(H2,20,23)(H2,21,25)/b22-8+. The number of halogens is 2. The van der Waals surface area contributed by atoms with Gasteiger partial charge < -0.3 is 16.2 Å². The molecule has 0 aliphatic heterocycles. The summed E-state index contributed by atoms with van der Waals surface area (Å²) in [6, 6.07) is 12.5. The first kappa shape index (κ1) is 18.7. The van der Waals surface area contributed by atoms with Crippen molar-refractivity contribution < 1.29 is 9.37 Å². The maximum absolute atomic E-state index is 6.14. The molecule has 8 nitrogen and oxygen atoms in total. The molecule has 3 aromatic rings. The first-order chi connectivity index (χ1) is 13.0. The van der Waals surface area contributed by atoms with E-state index in [1.54, 1.807) is 24.3 Å². The van der Waals surface area contributed by atoms with Crippen molar-refractivity contribution >= 4 is 41.1 Å². The van der Waals surface area contributed by atoms with Gasteiger partial charge in [0.15, 0.2) is 17.3 Å². The van der Waals surface area contributed by atoms with Crippen LogP contribution in [0, 0.1) is 0 Å². The van der Waals surface area contributed by atoms with Crippen LogP contribution in [0.25, 0.3) is 0 Å². The number of anilines is 1. The van der Waals surface area contributed by atoms with Crippen LogP contribution in [-0.2, 0) is 6.61 Å². The third-order valence-corrected chi connectivity index (χ3v) is 4.14. The van der Waals surface area contributed by atoms with Gasteiger partial charge in [0.25, 0.3) is 0 Å². The number of amidine groups is 1. The second-order valence-electron chi connectivity index (χ2n) is 5.29. The molecule has 4 N–H and O–H groups in total. The number of rotatable bonds is 6. The summed E-state index contributed by atoms with van der Waals surface area (Å²) in [5.41, 5.74) is 12.9. The Labute approximate surface area is 164 Å². The Bertz CT molecular complexity index is 982. The SMILES string of the molecule is N/C(=N\N=C\c1cccc(OCc2c(Cl)cccc2Cl)c1)c1nonc1N. The molecule has 0 saturated heterocycles. The van der Waals surface area contributed by atoms with Crippen molar-refractivity contribution in [2.45, 2.75) is 6.61 Å². The predicted octanol–water partition coefficient (Wildman–Crippen LogP) is 3.28. The minimum Gasteiger partial charge on any atom is -0.489 e. The molecular weight excluding hydrogens is 391 g/mol. The Morgan fingerprint density at radius 1 is 1.15 bits per heavy atom. The van der Waals surface area contributed by atoms with Crippen molar-refractivity contribution in [2.24, 2.45) is 15.9 Å². The molecule has 0 atom stereocenters. The number of nitrogens with zero attached hydrogens (tertiary/aromatic N) is 4. The summed E-state index contributed by atoms with van der Waals surface area (Å²) >= 11 is 12.3. The van der Waals surface area contributed by atoms with Crippen molar-refractivity contribution in [1.82, 2.24) is 10.3 Å². The zero-order valence-corrected chi connectivity index (χ0v) is 15.4. The second-order valence-corrected chi connectivity index (χ2v) is 6.10. The van der Waals surface area contributed by atoms with E-state index in [0.717, 1.165) is 11.1 Å². The zero-order chi connectivity index (χ0) is 19.2. The average Bonchev–Trinajstić information content (AvgIpc) is 3.08. The molecule has 0 fully saturated rings. The number of nitrogen functional groups attached to an aromatic ring is 1. The first-order valence-electron chi connectivity index (χ1n) is 7.65. The number of benzene rings is 2. The van der Waals surface area contributed by atoms with E-state index < -0.39 is 0 Å². The van der Waals surface area contributed by atoms with E-state index in [2.05, 4.69) is 25.1 Å². The Kier molecular flexibility index (Phi) is 5.90. The summed E-state index contributed by atoms with van der Waals surface area (Å²) in [7, 11) is 0.